The van der Waals surface area contributed by atoms with E-state index in [0.717, 1.165) is 5.82 Å². The molecule has 0 atom stereocenters. The van der Waals surface area contributed by atoms with Crippen molar-refractivity contribution in [2.45, 2.75) is 20.0 Å². The molecule has 3 aromatic rings. The summed E-state index contributed by atoms with van der Waals surface area (Å²) in [5.41, 5.74) is 8.00. The summed E-state index contributed by atoms with van der Waals surface area (Å²) in [5, 5.41) is 8.69. The third-order valence-corrected chi connectivity index (χ3v) is 5.10. The molecule has 32 heavy (non-hydrogen) atoms. The lowest BCUT2D eigenvalue weighted by molar-refractivity contribution is 0.0714. The number of nitrogen functional groups attached to an aromatic ring is 1. The Morgan fingerprint density at radius 1 is 1.19 bits per heavy atom. The maximum Gasteiger partial charge on any atom is 0.291 e. The van der Waals surface area contributed by atoms with Gasteiger partial charge < -0.3 is 24.7 Å². The number of carbonyl (C=O) groups is 1. The van der Waals surface area contributed by atoms with Crippen molar-refractivity contribution in [2.75, 3.05) is 36.8 Å². The molecule has 0 radical (unpaired) electrons. The summed E-state index contributed by atoms with van der Waals surface area (Å²) >= 11 is 0. The normalized spacial score (nSPS) is 14.0. The second kappa shape index (κ2) is 9.04. The predicted octanol–water partition coefficient (Wildman–Crippen LogP) is 2.21. The predicted molar refractivity (Wildman–Crippen MR) is 119 cm³/mol. The number of nitrogens with one attached hydrogen (secondary N) is 1. The summed E-state index contributed by atoms with van der Waals surface area (Å²) < 4.78 is 10.8. The first kappa shape index (κ1) is 21.3. The van der Waals surface area contributed by atoms with E-state index >= 15 is 0 Å². The Balaban J connectivity index is 1.47. The highest BCUT2D eigenvalue weighted by molar-refractivity contribution is 6.14. The first-order valence-electron chi connectivity index (χ1n) is 10.3. The number of nitrogens with zero attached hydrogens (tertiary/aromatic N) is 5. The molecular formula is C22H25N7O3. The van der Waals surface area contributed by atoms with Gasteiger partial charge in [-0.05, 0) is 26.0 Å². The Morgan fingerprint density at radius 2 is 1.97 bits per heavy atom. The third kappa shape index (κ3) is 4.53. The van der Waals surface area contributed by atoms with Gasteiger partial charge in [-0.15, -0.1) is 0 Å². The fourth-order valence-corrected chi connectivity index (χ4v) is 3.49. The van der Waals surface area contributed by atoms with E-state index in [4.69, 9.17) is 20.3 Å². The summed E-state index contributed by atoms with van der Waals surface area (Å²) in [7, 11) is 0. The second-order valence-electron chi connectivity index (χ2n) is 7.70. The monoisotopic (exact) mass is 435 g/mol. The summed E-state index contributed by atoms with van der Waals surface area (Å²) in [4.78, 5) is 28.7. The molecule has 0 aromatic carbocycles. The van der Waals surface area contributed by atoms with E-state index in [-0.39, 0.29) is 23.5 Å². The van der Waals surface area contributed by atoms with Crippen LogP contribution in [0.25, 0.3) is 0 Å². The Bertz CT molecular complexity index is 1110. The van der Waals surface area contributed by atoms with Crippen LogP contribution < -0.4 is 15.4 Å². The van der Waals surface area contributed by atoms with Gasteiger partial charge in [0.05, 0.1) is 29.9 Å². The number of pyridine rings is 2. The van der Waals surface area contributed by atoms with E-state index in [1.54, 1.807) is 23.2 Å². The standard InChI is InChI=1S/C22H25N7O3/c1-14(2)32-20-10-16(17(23)11-27-20)21(24)15-3-4-26-19(9-15)28-5-7-29(8-6-28)22(30)18-12-25-13-31-18/h3-4,9-14,24H,5-8,23H2,1-2H3. The van der Waals surface area contributed by atoms with E-state index in [1.807, 2.05) is 19.9 Å². The van der Waals surface area contributed by atoms with Crippen LogP contribution in [-0.2, 0) is 0 Å². The second-order valence-corrected chi connectivity index (χ2v) is 7.70. The highest BCUT2D eigenvalue weighted by Crippen LogP contribution is 2.23. The van der Waals surface area contributed by atoms with Crippen LogP contribution in [-0.4, -0.2) is 63.8 Å². The Kier molecular flexibility index (Phi) is 6.02. The molecule has 1 aliphatic rings. The molecule has 4 rings (SSSR count). The number of oxazole rings is 1. The van der Waals surface area contributed by atoms with Crippen molar-refractivity contribution in [3.8, 4) is 5.88 Å². The van der Waals surface area contributed by atoms with Crippen molar-refractivity contribution in [3.05, 3.63) is 60.1 Å². The first-order valence-corrected chi connectivity index (χ1v) is 10.3. The first-order chi connectivity index (χ1) is 15.4. The molecule has 0 saturated carbocycles. The number of piperazine rings is 1. The Labute approximate surface area is 185 Å². The highest BCUT2D eigenvalue weighted by Gasteiger charge is 2.25. The third-order valence-electron chi connectivity index (χ3n) is 5.10. The van der Waals surface area contributed by atoms with Crippen LogP contribution in [0.5, 0.6) is 5.88 Å². The van der Waals surface area contributed by atoms with E-state index in [2.05, 4.69) is 19.9 Å². The number of ether oxygens (including phenoxy) is 1. The van der Waals surface area contributed by atoms with Crippen LogP contribution in [0.15, 0.2) is 47.6 Å². The maximum atomic E-state index is 12.4. The number of rotatable bonds is 6. The zero-order valence-corrected chi connectivity index (χ0v) is 18.0. The van der Waals surface area contributed by atoms with Gasteiger partial charge in [-0.25, -0.2) is 15.0 Å². The van der Waals surface area contributed by atoms with Crippen molar-refractivity contribution in [2.24, 2.45) is 0 Å². The topological polar surface area (TPSA) is 134 Å². The molecule has 4 heterocycles. The number of nitrogens with two attached hydrogens (primary N) is 1. The fourth-order valence-electron chi connectivity index (χ4n) is 3.49. The van der Waals surface area contributed by atoms with Gasteiger partial charge in [-0.2, -0.15) is 0 Å². The number of hydrogen-bond donors (Lipinski definition) is 2. The maximum absolute atomic E-state index is 12.4. The quantitative estimate of drug-likeness (QED) is 0.563. The Morgan fingerprint density at radius 3 is 2.66 bits per heavy atom. The number of carbonyl (C=O) groups excluding carboxylic acids is 1. The van der Waals surface area contributed by atoms with E-state index in [9.17, 15) is 4.79 Å². The molecule has 166 valence electrons. The molecule has 0 spiro atoms. The van der Waals surface area contributed by atoms with Gasteiger partial charge in [0.25, 0.3) is 5.91 Å². The molecular weight excluding hydrogens is 410 g/mol. The van der Waals surface area contributed by atoms with Crippen molar-refractivity contribution in [1.29, 1.82) is 5.41 Å². The lowest BCUT2D eigenvalue weighted by Gasteiger charge is -2.35. The van der Waals surface area contributed by atoms with Crippen molar-refractivity contribution >= 4 is 23.1 Å². The minimum Gasteiger partial charge on any atom is -0.475 e. The van der Waals surface area contributed by atoms with Crippen LogP contribution >= 0.6 is 0 Å². The van der Waals surface area contributed by atoms with E-state index < -0.39 is 0 Å². The Hall–Kier alpha value is -3.95. The molecule has 0 bridgehead atoms. The minimum atomic E-state index is -0.168. The lowest BCUT2D eigenvalue weighted by atomic mass is 10.0. The smallest absolute Gasteiger partial charge is 0.291 e. The number of anilines is 2. The van der Waals surface area contributed by atoms with E-state index in [1.165, 1.54) is 18.8 Å². The summed E-state index contributed by atoms with van der Waals surface area (Å²) in [6.07, 6.45) is 5.83. The van der Waals surface area contributed by atoms with Crippen LogP contribution in [0.4, 0.5) is 11.5 Å². The van der Waals surface area contributed by atoms with Crippen molar-refractivity contribution in [1.82, 2.24) is 19.9 Å². The van der Waals surface area contributed by atoms with Gasteiger partial charge in [0.2, 0.25) is 11.6 Å². The molecule has 3 N–H and O–H groups in total. The van der Waals surface area contributed by atoms with Gasteiger partial charge in [0.15, 0.2) is 6.39 Å². The summed E-state index contributed by atoms with van der Waals surface area (Å²) in [6, 6.07) is 5.32. The van der Waals surface area contributed by atoms with E-state index in [0.29, 0.717) is 48.9 Å². The fraction of sp³-hybridized carbons (Fsp3) is 0.318. The molecule has 1 amide bonds. The van der Waals surface area contributed by atoms with Crippen LogP contribution in [0.1, 0.15) is 35.5 Å². The van der Waals surface area contributed by atoms with Gasteiger partial charge in [0.1, 0.15) is 5.82 Å². The number of amides is 1. The molecule has 3 aromatic heterocycles. The zero-order chi connectivity index (χ0) is 22.7. The molecule has 10 nitrogen and oxygen atoms in total. The number of aromatic nitrogens is 3. The van der Waals surface area contributed by atoms with Gasteiger partial charge in [-0.3, -0.25) is 10.2 Å². The van der Waals surface area contributed by atoms with Crippen LogP contribution in [0.2, 0.25) is 0 Å². The molecule has 0 unspecified atom stereocenters. The largest absolute Gasteiger partial charge is 0.475 e. The molecule has 0 aliphatic carbocycles. The average molecular weight is 435 g/mol. The molecule has 1 aliphatic heterocycles. The molecule has 10 heteroatoms. The van der Waals surface area contributed by atoms with Gasteiger partial charge in [-0.1, -0.05) is 0 Å². The molecule has 1 saturated heterocycles. The summed E-state index contributed by atoms with van der Waals surface area (Å²) in [6.45, 7) is 6.14. The van der Waals surface area contributed by atoms with Gasteiger partial charge in [0, 0.05) is 49.6 Å². The number of hydrogen-bond acceptors (Lipinski definition) is 9. The van der Waals surface area contributed by atoms with Crippen molar-refractivity contribution < 1.29 is 13.9 Å². The minimum absolute atomic E-state index is 0.0321. The zero-order valence-electron chi connectivity index (χ0n) is 18.0. The highest BCUT2D eigenvalue weighted by atomic mass is 16.5. The SMILES string of the molecule is CC(C)Oc1cc(C(=N)c2ccnc(N3CCN(C(=O)c4cnco4)CC3)c2)c(N)cn1. The van der Waals surface area contributed by atoms with Crippen molar-refractivity contribution in [3.63, 3.8) is 0 Å². The van der Waals surface area contributed by atoms with Crippen LogP contribution in [0, 0.1) is 5.41 Å². The lowest BCUT2D eigenvalue weighted by Crippen LogP contribution is -2.49. The summed E-state index contributed by atoms with van der Waals surface area (Å²) in [5.74, 6) is 1.24. The molecule has 1 fully saturated rings. The average Bonchev–Trinajstić information content (AvgIpc) is 3.34. The van der Waals surface area contributed by atoms with Gasteiger partial charge >= 0.3 is 0 Å². The van der Waals surface area contributed by atoms with Crippen LogP contribution in [0.3, 0.4) is 0 Å².